The Labute approximate surface area is 664 Å². The van der Waals surface area contributed by atoms with E-state index in [-0.39, 0.29) is 0 Å². The van der Waals surface area contributed by atoms with Gasteiger partial charge in [0.05, 0.1) is 66.9 Å². The van der Waals surface area contributed by atoms with Gasteiger partial charge >= 0.3 is 0 Å². The summed E-state index contributed by atoms with van der Waals surface area (Å²) in [6, 6.07) is 99.4. The van der Waals surface area contributed by atoms with E-state index in [0.717, 1.165) is 83.8 Å². The van der Waals surface area contributed by atoms with Crippen molar-refractivity contribution in [2.75, 3.05) is 0 Å². The molecule has 0 aliphatic heterocycles. The number of fused-ring (bicyclic) bond motifs is 12. The third-order valence-electron chi connectivity index (χ3n) is 22.8. The molecule has 0 spiro atoms. The molecule has 20 aromatic rings. The lowest BCUT2D eigenvalue weighted by molar-refractivity contribution is 0.926. The van der Waals surface area contributed by atoms with Crippen LogP contribution in [0.25, 0.3) is 177 Å². The van der Waals surface area contributed by atoms with Gasteiger partial charge in [0.15, 0.2) is 11.6 Å². The predicted molar refractivity (Wildman–Crippen MR) is 476 cm³/mol. The van der Waals surface area contributed by atoms with E-state index >= 15 is 0 Å². The van der Waals surface area contributed by atoms with Gasteiger partial charge in [0.25, 0.3) is 0 Å². The van der Waals surface area contributed by atoms with E-state index in [1.54, 1.807) is 0 Å². The van der Waals surface area contributed by atoms with Crippen LogP contribution < -0.4 is 0 Å². The molecule has 6 aromatic heterocycles. The van der Waals surface area contributed by atoms with Crippen molar-refractivity contribution in [1.29, 1.82) is 0 Å². The number of aryl methyl sites for hydroxylation is 14. The van der Waals surface area contributed by atoms with Crippen LogP contribution in [0.1, 0.15) is 78.9 Å². The third-order valence-corrected chi connectivity index (χ3v) is 22.8. The van der Waals surface area contributed by atoms with Gasteiger partial charge in [-0.15, -0.1) is 0 Å². The van der Waals surface area contributed by atoms with Crippen LogP contribution in [-0.2, 0) is 0 Å². The maximum Gasteiger partial charge on any atom is 0.165 e. The van der Waals surface area contributed by atoms with E-state index < -0.39 is 0 Å². The van der Waals surface area contributed by atoms with E-state index in [1.165, 1.54) is 137 Å². The van der Waals surface area contributed by atoms with Gasteiger partial charge in [-0.25, -0.2) is 29.9 Å². The van der Waals surface area contributed by atoms with Crippen LogP contribution in [0.5, 0.6) is 0 Å². The Hall–Kier alpha value is -13.7. The second-order valence-corrected chi connectivity index (χ2v) is 31.7. The molecular weight excluding hydrogens is 1390 g/mol. The first-order valence-corrected chi connectivity index (χ1v) is 39.4. The largest absolute Gasteiger partial charge is 0.309 e. The van der Waals surface area contributed by atoms with E-state index in [4.69, 9.17) is 19.9 Å². The Morgan fingerprint density at radius 3 is 0.675 bits per heavy atom. The lowest BCUT2D eigenvalue weighted by atomic mass is 9.95. The van der Waals surface area contributed by atoms with Gasteiger partial charge in [0.2, 0.25) is 0 Å². The van der Waals surface area contributed by atoms with Crippen molar-refractivity contribution < 1.29 is 0 Å². The molecule has 6 heterocycles. The van der Waals surface area contributed by atoms with Gasteiger partial charge < -0.3 is 18.3 Å². The smallest absolute Gasteiger partial charge is 0.165 e. The highest BCUT2D eigenvalue weighted by Crippen LogP contribution is 2.46. The Morgan fingerprint density at radius 2 is 0.377 bits per heavy atom. The summed E-state index contributed by atoms with van der Waals surface area (Å²) >= 11 is 0. The first-order valence-electron chi connectivity index (χ1n) is 39.4. The van der Waals surface area contributed by atoms with E-state index in [0.29, 0.717) is 34.9 Å². The molecular formula is C104H86N10. The van der Waals surface area contributed by atoms with Gasteiger partial charge in [0.1, 0.15) is 23.3 Å². The van der Waals surface area contributed by atoms with Gasteiger partial charge in [-0.1, -0.05) is 183 Å². The minimum absolute atomic E-state index is 0.658. The van der Waals surface area contributed by atoms with Crippen LogP contribution in [0.4, 0.5) is 0 Å². The molecule has 20 rings (SSSR count). The normalized spacial score (nSPS) is 11.8. The molecule has 0 bridgehead atoms. The highest BCUT2D eigenvalue weighted by atomic mass is 15.1. The topological polar surface area (TPSA) is 97.1 Å². The van der Waals surface area contributed by atoms with Crippen LogP contribution in [0.15, 0.2) is 267 Å². The van der Waals surface area contributed by atoms with Crippen LogP contribution in [-0.4, -0.2) is 48.2 Å². The first kappa shape index (κ1) is 70.7. The molecule has 0 saturated carbocycles. The molecule has 0 radical (unpaired) electrons. The summed E-state index contributed by atoms with van der Waals surface area (Å²) in [4.78, 5) is 29.2. The number of aromatic nitrogens is 10. The lowest BCUT2D eigenvalue weighted by Gasteiger charge is -2.19. The molecule has 0 aliphatic rings. The quantitative estimate of drug-likeness (QED) is 0.135. The Morgan fingerprint density at radius 1 is 0.158 bits per heavy atom. The van der Waals surface area contributed by atoms with Crippen molar-refractivity contribution in [1.82, 2.24) is 48.2 Å². The minimum atomic E-state index is 0.658. The SMILES string of the molecule is Cc1ccc(-c2ccc(-c3ccc(-n4c5ccc(C)cc5c5cc(C)ccc54)c(-c4nc(C)nc(C)n4)c3)c(-n3c4ccc(C)cc4c4cc(C)ccc43)c2)cc1.Cc1ccc(-c2ccc(-n3c4ccc(C)cc4c4cc(C)ccc43)c(-c3ccc(-n4c5ccc(C)cc5c5cc(C)ccc54)c(-c4nc(C)nc(C)n4)c3)c2)cc1. The van der Waals surface area contributed by atoms with Crippen molar-refractivity contribution in [2.24, 2.45) is 0 Å². The van der Waals surface area contributed by atoms with E-state index in [2.05, 4.69) is 364 Å². The number of rotatable bonds is 10. The molecule has 0 saturated heterocycles. The maximum atomic E-state index is 5.00. The molecule has 552 valence electrons. The second-order valence-electron chi connectivity index (χ2n) is 31.7. The first-order chi connectivity index (χ1) is 55.2. The van der Waals surface area contributed by atoms with Crippen LogP contribution >= 0.6 is 0 Å². The summed E-state index contributed by atoms with van der Waals surface area (Å²) in [5, 5.41) is 9.95. The molecule has 0 atom stereocenters. The van der Waals surface area contributed by atoms with E-state index in [1.807, 2.05) is 27.7 Å². The van der Waals surface area contributed by atoms with Crippen molar-refractivity contribution in [2.45, 2.75) is 96.9 Å². The Bertz CT molecular complexity index is 7100. The van der Waals surface area contributed by atoms with Crippen molar-refractivity contribution in [3.8, 4) is 90.0 Å². The van der Waals surface area contributed by atoms with Crippen LogP contribution in [0.2, 0.25) is 0 Å². The fourth-order valence-electron chi connectivity index (χ4n) is 17.4. The molecule has 0 aliphatic carbocycles. The van der Waals surface area contributed by atoms with Gasteiger partial charge in [-0.05, 0) is 270 Å². The van der Waals surface area contributed by atoms with Crippen LogP contribution in [0.3, 0.4) is 0 Å². The predicted octanol–water partition coefficient (Wildman–Crippen LogP) is 26.5. The second kappa shape index (κ2) is 27.6. The molecule has 0 N–H and O–H groups in total. The molecule has 10 heteroatoms. The zero-order valence-electron chi connectivity index (χ0n) is 66.9. The molecule has 10 nitrogen and oxygen atoms in total. The summed E-state index contributed by atoms with van der Waals surface area (Å²) in [6.45, 7) is 29.4. The molecule has 0 fully saturated rings. The summed E-state index contributed by atoms with van der Waals surface area (Å²) < 4.78 is 9.67. The number of nitrogens with zero attached hydrogens (tertiary/aromatic N) is 10. The van der Waals surface area contributed by atoms with Crippen molar-refractivity contribution in [3.05, 3.63) is 346 Å². The zero-order valence-corrected chi connectivity index (χ0v) is 66.9. The fourth-order valence-corrected chi connectivity index (χ4v) is 17.4. The molecule has 0 unspecified atom stereocenters. The summed E-state index contributed by atoms with van der Waals surface area (Å²) in [6.07, 6.45) is 0. The lowest BCUT2D eigenvalue weighted by Crippen LogP contribution is -2.04. The average molecular weight is 1480 g/mol. The summed E-state index contributed by atoms with van der Waals surface area (Å²) in [5.74, 6) is 4.10. The van der Waals surface area contributed by atoms with E-state index in [9.17, 15) is 0 Å². The van der Waals surface area contributed by atoms with Gasteiger partial charge in [0, 0.05) is 65.3 Å². The Kier molecular flexibility index (Phi) is 17.1. The van der Waals surface area contributed by atoms with Crippen molar-refractivity contribution in [3.63, 3.8) is 0 Å². The van der Waals surface area contributed by atoms with Crippen molar-refractivity contribution >= 4 is 87.2 Å². The maximum absolute atomic E-state index is 5.00. The standard InChI is InChI=1S/2C52H43N5/c1-30-8-14-37(15-9-30)38-16-18-40(51(29-38)57-48-21-12-33(4)26-43(48)44-27-34(5)13-22-49(44)57)39-17-23-50(45(28-39)52-54-35(6)53-36(7)55-52)56-46-19-10-31(2)24-41(46)42-25-32(3)11-20-47(42)56;1-30-8-14-37(15-9-30)38-16-22-46(56-47-18-10-31(2)24-41(47)42-25-32(3)11-19-48(42)56)40(28-38)39-17-23-51(45(29-39)52-54-35(6)53-36(7)55-52)57-49-20-12-33(4)26-43(49)44-27-34(5)13-21-50(44)57/h2*8-29H,1-7H3. The van der Waals surface area contributed by atoms with Gasteiger partial charge in [-0.2, -0.15) is 0 Å². The highest BCUT2D eigenvalue weighted by Gasteiger charge is 2.26. The van der Waals surface area contributed by atoms with Crippen LogP contribution in [0, 0.1) is 96.9 Å². The number of benzene rings is 14. The minimum Gasteiger partial charge on any atom is -0.309 e. The fraction of sp³-hybridized carbons (Fsp3) is 0.135. The molecule has 14 aromatic carbocycles. The third kappa shape index (κ3) is 12.4. The number of hydrogen-bond donors (Lipinski definition) is 0. The molecule has 0 amide bonds. The monoisotopic (exact) mass is 1470 g/mol. The average Bonchev–Trinajstić information content (AvgIpc) is 1.56. The number of hydrogen-bond acceptors (Lipinski definition) is 6. The summed E-state index contributed by atoms with van der Waals surface area (Å²) in [7, 11) is 0. The summed E-state index contributed by atoms with van der Waals surface area (Å²) in [5.41, 5.74) is 37.0. The highest BCUT2D eigenvalue weighted by molar-refractivity contribution is 6.14. The zero-order chi connectivity index (χ0) is 78.2. The van der Waals surface area contributed by atoms with Gasteiger partial charge in [-0.3, -0.25) is 0 Å². The Balaban J connectivity index is 0.000000153. The molecule has 114 heavy (non-hydrogen) atoms.